The predicted octanol–water partition coefficient (Wildman–Crippen LogP) is 4.35. The molecule has 0 spiro atoms. The smallest absolute Gasteiger partial charge is 0.0629 e. The summed E-state index contributed by atoms with van der Waals surface area (Å²) < 4.78 is 0. The van der Waals surface area contributed by atoms with Crippen molar-refractivity contribution in [3.05, 3.63) is 59.7 Å². The van der Waals surface area contributed by atoms with Gasteiger partial charge in [0.1, 0.15) is 0 Å². The standard InChI is InChI=1S/C18H20N2/c1-15-13-16(14-19-17-7-3-2-4-8-17)9-10-18(15)20-11-5-6-12-20/h2-4,7-10,13-14H,5-6,11-12H2,1H3. The molecule has 0 amide bonds. The molecule has 0 aliphatic carbocycles. The molecule has 0 N–H and O–H groups in total. The van der Waals surface area contributed by atoms with Crippen LogP contribution in [-0.4, -0.2) is 19.3 Å². The molecule has 0 unspecified atom stereocenters. The van der Waals surface area contributed by atoms with E-state index in [-0.39, 0.29) is 0 Å². The normalized spacial score (nSPS) is 15.2. The molecule has 0 radical (unpaired) electrons. The molecule has 1 saturated heterocycles. The Kier molecular flexibility index (Phi) is 3.82. The van der Waals surface area contributed by atoms with Crippen LogP contribution in [0.15, 0.2) is 53.5 Å². The van der Waals surface area contributed by atoms with Gasteiger partial charge in [0.2, 0.25) is 0 Å². The van der Waals surface area contributed by atoms with Crippen LogP contribution < -0.4 is 4.90 Å². The van der Waals surface area contributed by atoms with Gasteiger partial charge in [-0.05, 0) is 55.2 Å². The highest BCUT2D eigenvalue weighted by atomic mass is 15.1. The van der Waals surface area contributed by atoms with Gasteiger partial charge < -0.3 is 4.90 Å². The van der Waals surface area contributed by atoms with Gasteiger partial charge in [-0.2, -0.15) is 0 Å². The second-order valence-corrected chi connectivity index (χ2v) is 5.33. The number of anilines is 1. The maximum Gasteiger partial charge on any atom is 0.0629 e. The van der Waals surface area contributed by atoms with Crippen molar-refractivity contribution in [3.8, 4) is 0 Å². The molecule has 0 saturated carbocycles. The van der Waals surface area contributed by atoms with Crippen molar-refractivity contribution in [2.45, 2.75) is 19.8 Å². The van der Waals surface area contributed by atoms with Crippen molar-refractivity contribution in [2.24, 2.45) is 4.99 Å². The largest absolute Gasteiger partial charge is 0.371 e. The highest BCUT2D eigenvalue weighted by molar-refractivity contribution is 5.83. The molecular formula is C18H20N2. The molecule has 2 heteroatoms. The van der Waals surface area contributed by atoms with E-state index in [4.69, 9.17) is 0 Å². The summed E-state index contributed by atoms with van der Waals surface area (Å²) >= 11 is 0. The van der Waals surface area contributed by atoms with E-state index in [9.17, 15) is 0 Å². The van der Waals surface area contributed by atoms with Crippen molar-refractivity contribution in [2.75, 3.05) is 18.0 Å². The fourth-order valence-electron chi connectivity index (χ4n) is 2.73. The lowest BCUT2D eigenvalue weighted by Crippen LogP contribution is -2.18. The predicted molar refractivity (Wildman–Crippen MR) is 86.3 cm³/mol. The molecule has 102 valence electrons. The second kappa shape index (κ2) is 5.91. The van der Waals surface area contributed by atoms with Crippen LogP contribution in [0.1, 0.15) is 24.0 Å². The SMILES string of the molecule is Cc1cc(C=Nc2ccccc2)ccc1N1CCCC1. The first-order valence-corrected chi connectivity index (χ1v) is 7.28. The summed E-state index contributed by atoms with van der Waals surface area (Å²) in [6.45, 7) is 4.57. The zero-order valence-electron chi connectivity index (χ0n) is 11.9. The van der Waals surface area contributed by atoms with Crippen LogP contribution in [0.3, 0.4) is 0 Å². The molecule has 1 aliphatic heterocycles. The van der Waals surface area contributed by atoms with Gasteiger partial charge in [-0.25, -0.2) is 0 Å². The molecule has 1 fully saturated rings. The number of hydrogen-bond acceptors (Lipinski definition) is 2. The van der Waals surface area contributed by atoms with E-state index in [0.29, 0.717) is 0 Å². The van der Waals surface area contributed by atoms with Crippen molar-refractivity contribution < 1.29 is 0 Å². The highest BCUT2D eigenvalue weighted by Gasteiger charge is 2.13. The first-order chi connectivity index (χ1) is 9.83. The van der Waals surface area contributed by atoms with E-state index in [0.717, 1.165) is 11.3 Å². The minimum Gasteiger partial charge on any atom is -0.371 e. The van der Waals surface area contributed by atoms with Crippen LogP contribution >= 0.6 is 0 Å². The van der Waals surface area contributed by atoms with Gasteiger partial charge in [-0.1, -0.05) is 24.3 Å². The maximum absolute atomic E-state index is 4.51. The van der Waals surface area contributed by atoms with Crippen LogP contribution in [-0.2, 0) is 0 Å². The molecule has 1 heterocycles. The minimum absolute atomic E-state index is 0.994. The lowest BCUT2D eigenvalue weighted by atomic mass is 10.1. The third kappa shape index (κ3) is 2.90. The van der Waals surface area contributed by atoms with E-state index >= 15 is 0 Å². The molecule has 2 aromatic carbocycles. The van der Waals surface area contributed by atoms with Crippen LogP contribution in [0, 0.1) is 6.92 Å². The Bertz CT molecular complexity index is 596. The molecule has 20 heavy (non-hydrogen) atoms. The number of benzene rings is 2. The number of aliphatic imine (C=N–C) groups is 1. The molecule has 0 bridgehead atoms. The Morgan fingerprint density at radius 2 is 1.75 bits per heavy atom. The number of aryl methyl sites for hydroxylation is 1. The Balaban J connectivity index is 1.78. The summed E-state index contributed by atoms with van der Waals surface area (Å²) in [7, 11) is 0. The molecule has 0 atom stereocenters. The first kappa shape index (κ1) is 12.9. The van der Waals surface area contributed by atoms with Gasteiger partial charge in [-0.3, -0.25) is 4.99 Å². The zero-order chi connectivity index (χ0) is 13.8. The number of para-hydroxylation sites is 1. The van der Waals surface area contributed by atoms with Crippen molar-refractivity contribution in [3.63, 3.8) is 0 Å². The number of nitrogens with zero attached hydrogens (tertiary/aromatic N) is 2. The summed E-state index contributed by atoms with van der Waals surface area (Å²) in [5.74, 6) is 0. The monoisotopic (exact) mass is 264 g/mol. The van der Waals surface area contributed by atoms with Crippen LogP contribution in [0.5, 0.6) is 0 Å². The van der Waals surface area contributed by atoms with Crippen LogP contribution in [0.4, 0.5) is 11.4 Å². The fraction of sp³-hybridized carbons (Fsp3) is 0.278. The van der Waals surface area contributed by atoms with Gasteiger partial charge in [0.25, 0.3) is 0 Å². The molecular weight excluding hydrogens is 244 g/mol. The second-order valence-electron chi connectivity index (χ2n) is 5.33. The Morgan fingerprint density at radius 3 is 2.45 bits per heavy atom. The Labute approximate surface area is 120 Å². The van der Waals surface area contributed by atoms with Crippen LogP contribution in [0.2, 0.25) is 0 Å². The minimum atomic E-state index is 0.994. The summed E-state index contributed by atoms with van der Waals surface area (Å²) in [6, 6.07) is 16.7. The van der Waals surface area contributed by atoms with E-state index in [2.05, 4.69) is 35.0 Å². The van der Waals surface area contributed by atoms with Gasteiger partial charge in [0, 0.05) is 25.0 Å². The average molecular weight is 264 g/mol. The van der Waals surface area contributed by atoms with E-state index < -0.39 is 0 Å². The van der Waals surface area contributed by atoms with Crippen LogP contribution in [0.25, 0.3) is 0 Å². The van der Waals surface area contributed by atoms with E-state index in [1.165, 1.54) is 37.2 Å². The zero-order valence-corrected chi connectivity index (χ0v) is 11.9. The summed E-state index contributed by atoms with van der Waals surface area (Å²) in [5.41, 5.74) is 4.87. The summed E-state index contributed by atoms with van der Waals surface area (Å²) in [6.07, 6.45) is 4.57. The molecule has 1 aliphatic rings. The third-order valence-corrected chi connectivity index (χ3v) is 3.79. The van der Waals surface area contributed by atoms with Crippen molar-refractivity contribution in [1.82, 2.24) is 0 Å². The molecule has 2 nitrogen and oxygen atoms in total. The van der Waals surface area contributed by atoms with Gasteiger partial charge in [-0.15, -0.1) is 0 Å². The van der Waals surface area contributed by atoms with Gasteiger partial charge in [0.15, 0.2) is 0 Å². The molecule has 0 aromatic heterocycles. The Hall–Kier alpha value is -2.09. The summed E-state index contributed by atoms with van der Waals surface area (Å²) in [5, 5.41) is 0. The fourth-order valence-corrected chi connectivity index (χ4v) is 2.73. The Morgan fingerprint density at radius 1 is 1.00 bits per heavy atom. The lowest BCUT2D eigenvalue weighted by Gasteiger charge is -2.20. The quantitative estimate of drug-likeness (QED) is 0.753. The number of rotatable bonds is 3. The van der Waals surface area contributed by atoms with Crippen molar-refractivity contribution in [1.29, 1.82) is 0 Å². The topological polar surface area (TPSA) is 15.6 Å². The van der Waals surface area contributed by atoms with E-state index in [1.807, 2.05) is 36.5 Å². The average Bonchev–Trinajstić information content (AvgIpc) is 3.00. The number of hydrogen-bond donors (Lipinski definition) is 0. The summed E-state index contributed by atoms with van der Waals surface area (Å²) in [4.78, 5) is 6.99. The van der Waals surface area contributed by atoms with Gasteiger partial charge >= 0.3 is 0 Å². The highest BCUT2D eigenvalue weighted by Crippen LogP contribution is 2.24. The lowest BCUT2D eigenvalue weighted by molar-refractivity contribution is 0.949. The third-order valence-electron chi connectivity index (χ3n) is 3.79. The first-order valence-electron chi connectivity index (χ1n) is 7.28. The molecule has 2 aromatic rings. The molecule has 3 rings (SSSR count). The maximum atomic E-state index is 4.51. The van der Waals surface area contributed by atoms with Crippen molar-refractivity contribution >= 4 is 17.6 Å². The van der Waals surface area contributed by atoms with E-state index in [1.54, 1.807) is 0 Å². The van der Waals surface area contributed by atoms with Gasteiger partial charge in [0.05, 0.1) is 5.69 Å².